The molecule has 0 aromatic carbocycles. The number of aliphatic hydroxyl groups excluding tert-OH is 1. The fraction of sp³-hybridized carbons (Fsp3) is 0.867. The van der Waals surface area contributed by atoms with Gasteiger partial charge in [0, 0.05) is 45.6 Å². The van der Waals surface area contributed by atoms with Gasteiger partial charge in [0.1, 0.15) is 0 Å². The van der Waals surface area contributed by atoms with Crippen LogP contribution in [0.25, 0.3) is 0 Å². The van der Waals surface area contributed by atoms with E-state index >= 15 is 0 Å². The highest BCUT2D eigenvalue weighted by Crippen LogP contribution is 2.22. The lowest BCUT2D eigenvalue weighted by molar-refractivity contribution is -0.130. The molecule has 1 aliphatic rings. The Bertz CT molecular complexity index is 333. The number of carbonyl (C=O) groups excluding carboxylic acids is 1. The Labute approximate surface area is 133 Å². The van der Waals surface area contributed by atoms with Crippen LogP contribution in [-0.2, 0) is 4.79 Å². The summed E-state index contributed by atoms with van der Waals surface area (Å²) >= 11 is 4.83. The smallest absolute Gasteiger partial charge is 0.223 e. The number of amides is 1. The standard InChI is InChI=1S/C15H29N3O2S/c1-17(9-7-14(16)21)15(20)8-10-18(11-12-19)13-5-3-2-4-6-13/h13,19H,2-12H2,1H3,(H2,16,21). The number of hydrogen-bond donors (Lipinski definition) is 2. The van der Waals surface area contributed by atoms with Gasteiger partial charge in [0.15, 0.2) is 0 Å². The van der Waals surface area contributed by atoms with E-state index in [0.29, 0.717) is 37.0 Å². The van der Waals surface area contributed by atoms with Crippen LogP contribution in [0, 0.1) is 0 Å². The van der Waals surface area contributed by atoms with Gasteiger partial charge in [-0.1, -0.05) is 31.5 Å². The molecule has 0 radical (unpaired) electrons. The molecule has 1 fully saturated rings. The highest BCUT2D eigenvalue weighted by atomic mass is 32.1. The Hall–Kier alpha value is -0.720. The van der Waals surface area contributed by atoms with Gasteiger partial charge in [0.2, 0.25) is 5.91 Å². The average Bonchev–Trinajstić information content (AvgIpc) is 2.49. The minimum atomic E-state index is 0.116. The zero-order valence-electron chi connectivity index (χ0n) is 13.1. The van der Waals surface area contributed by atoms with E-state index in [1.807, 2.05) is 0 Å². The number of carbonyl (C=O) groups is 1. The normalized spacial score (nSPS) is 16.1. The molecular weight excluding hydrogens is 286 g/mol. The Balaban J connectivity index is 2.37. The molecule has 1 rings (SSSR count). The van der Waals surface area contributed by atoms with E-state index in [9.17, 15) is 9.90 Å². The minimum absolute atomic E-state index is 0.116. The molecule has 0 aliphatic heterocycles. The highest BCUT2D eigenvalue weighted by molar-refractivity contribution is 7.80. The van der Waals surface area contributed by atoms with Crippen LogP contribution < -0.4 is 5.73 Å². The highest BCUT2D eigenvalue weighted by Gasteiger charge is 2.21. The van der Waals surface area contributed by atoms with Crippen molar-refractivity contribution in [3.63, 3.8) is 0 Å². The lowest BCUT2D eigenvalue weighted by Gasteiger charge is -2.34. The molecule has 1 aliphatic carbocycles. The largest absolute Gasteiger partial charge is 0.395 e. The van der Waals surface area contributed by atoms with Gasteiger partial charge in [-0.3, -0.25) is 9.69 Å². The lowest BCUT2D eigenvalue weighted by Crippen LogP contribution is -2.41. The van der Waals surface area contributed by atoms with Crippen molar-refractivity contribution in [2.24, 2.45) is 5.73 Å². The summed E-state index contributed by atoms with van der Waals surface area (Å²) in [6, 6.07) is 0.528. The van der Waals surface area contributed by atoms with Crippen molar-refractivity contribution in [2.75, 3.05) is 33.3 Å². The van der Waals surface area contributed by atoms with E-state index in [2.05, 4.69) is 4.90 Å². The second-order valence-electron chi connectivity index (χ2n) is 5.83. The summed E-state index contributed by atoms with van der Waals surface area (Å²) in [5.74, 6) is 0.116. The third-order valence-electron chi connectivity index (χ3n) is 4.21. The topological polar surface area (TPSA) is 69.8 Å². The van der Waals surface area contributed by atoms with Crippen LogP contribution in [0.2, 0.25) is 0 Å². The SMILES string of the molecule is CN(CCC(N)=S)C(=O)CCN(CCO)C1CCCCC1. The lowest BCUT2D eigenvalue weighted by atomic mass is 9.94. The van der Waals surface area contributed by atoms with Crippen LogP contribution in [0.4, 0.5) is 0 Å². The van der Waals surface area contributed by atoms with Gasteiger partial charge >= 0.3 is 0 Å². The quantitative estimate of drug-likeness (QED) is 0.624. The molecule has 0 aromatic heterocycles. The number of rotatable bonds is 9. The first-order chi connectivity index (χ1) is 10.0. The molecule has 6 heteroatoms. The zero-order valence-corrected chi connectivity index (χ0v) is 13.9. The molecule has 0 saturated heterocycles. The average molecular weight is 315 g/mol. The van der Waals surface area contributed by atoms with E-state index < -0.39 is 0 Å². The number of aliphatic hydroxyl groups is 1. The number of nitrogens with zero attached hydrogens (tertiary/aromatic N) is 2. The molecule has 0 aromatic rings. The Kier molecular flexibility index (Phi) is 8.80. The van der Waals surface area contributed by atoms with Crippen LogP contribution in [0.3, 0.4) is 0 Å². The van der Waals surface area contributed by atoms with Crippen molar-refractivity contribution < 1.29 is 9.90 Å². The maximum Gasteiger partial charge on any atom is 0.223 e. The fourth-order valence-electron chi connectivity index (χ4n) is 2.88. The molecule has 0 spiro atoms. The predicted octanol–water partition coefficient (Wildman–Crippen LogP) is 1.14. The molecule has 0 atom stereocenters. The second kappa shape index (κ2) is 10.1. The van der Waals surface area contributed by atoms with Gasteiger partial charge in [-0.15, -0.1) is 0 Å². The molecule has 3 N–H and O–H groups in total. The first kappa shape index (κ1) is 18.3. The summed E-state index contributed by atoms with van der Waals surface area (Å²) in [4.78, 5) is 16.5. The number of hydrogen-bond acceptors (Lipinski definition) is 4. The van der Waals surface area contributed by atoms with Crippen molar-refractivity contribution in [3.8, 4) is 0 Å². The fourth-order valence-corrected chi connectivity index (χ4v) is 2.98. The molecule has 1 amide bonds. The molecule has 1 saturated carbocycles. The summed E-state index contributed by atoms with van der Waals surface area (Å²) in [6.07, 6.45) is 7.26. The molecule has 21 heavy (non-hydrogen) atoms. The molecular formula is C15H29N3O2S. The molecule has 0 heterocycles. The first-order valence-electron chi connectivity index (χ1n) is 7.91. The van der Waals surface area contributed by atoms with Crippen LogP contribution >= 0.6 is 12.2 Å². The van der Waals surface area contributed by atoms with E-state index in [1.54, 1.807) is 11.9 Å². The van der Waals surface area contributed by atoms with Gasteiger partial charge in [-0.25, -0.2) is 0 Å². The van der Waals surface area contributed by atoms with Crippen LogP contribution in [0.1, 0.15) is 44.9 Å². The second-order valence-corrected chi connectivity index (χ2v) is 6.36. The third-order valence-corrected chi connectivity index (χ3v) is 4.41. The van der Waals surface area contributed by atoms with E-state index in [1.165, 1.54) is 32.1 Å². The van der Waals surface area contributed by atoms with Gasteiger partial charge in [0.05, 0.1) is 11.6 Å². The van der Waals surface area contributed by atoms with Crippen molar-refractivity contribution in [3.05, 3.63) is 0 Å². The monoisotopic (exact) mass is 315 g/mol. The summed E-state index contributed by atoms with van der Waals surface area (Å²) in [5, 5.41) is 9.22. The van der Waals surface area contributed by atoms with Crippen molar-refractivity contribution in [2.45, 2.75) is 51.0 Å². The van der Waals surface area contributed by atoms with Crippen molar-refractivity contribution >= 4 is 23.1 Å². The van der Waals surface area contributed by atoms with E-state index in [4.69, 9.17) is 18.0 Å². The summed E-state index contributed by atoms with van der Waals surface area (Å²) in [6.45, 7) is 2.12. The Morgan fingerprint density at radius 3 is 2.43 bits per heavy atom. The maximum atomic E-state index is 12.1. The molecule has 5 nitrogen and oxygen atoms in total. The maximum absolute atomic E-state index is 12.1. The Morgan fingerprint density at radius 1 is 1.19 bits per heavy atom. The van der Waals surface area contributed by atoms with Crippen molar-refractivity contribution in [1.29, 1.82) is 0 Å². The van der Waals surface area contributed by atoms with Gasteiger partial charge in [-0.05, 0) is 12.8 Å². The Morgan fingerprint density at radius 2 is 1.86 bits per heavy atom. The zero-order chi connectivity index (χ0) is 15.7. The molecule has 122 valence electrons. The van der Waals surface area contributed by atoms with Gasteiger partial charge in [-0.2, -0.15) is 0 Å². The number of nitrogens with two attached hydrogens (primary N) is 1. The van der Waals surface area contributed by atoms with Gasteiger partial charge in [0.25, 0.3) is 0 Å². The molecule has 0 unspecified atom stereocenters. The summed E-state index contributed by atoms with van der Waals surface area (Å²) in [5.41, 5.74) is 5.46. The summed E-state index contributed by atoms with van der Waals surface area (Å²) < 4.78 is 0. The minimum Gasteiger partial charge on any atom is -0.395 e. The molecule has 0 bridgehead atoms. The van der Waals surface area contributed by atoms with Crippen LogP contribution in [-0.4, -0.2) is 65.1 Å². The first-order valence-corrected chi connectivity index (χ1v) is 8.32. The third kappa shape index (κ3) is 7.20. The number of thiocarbonyl (C=S) groups is 1. The summed E-state index contributed by atoms with van der Waals surface area (Å²) in [7, 11) is 1.79. The van der Waals surface area contributed by atoms with Crippen molar-refractivity contribution in [1.82, 2.24) is 9.80 Å². The predicted molar refractivity (Wildman–Crippen MR) is 89.2 cm³/mol. The van der Waals surface area contributed by atoms with Crippen LogP contribution in [0.15, 0.2) is 0 Å². The van der Waals surface area contributed by atoms with E-state index in [0.717, 1.165) is 6.54 Å². The van der Waals surface area contributed by atoms with E-state index in [-0.39, 0.29) is 12.5 Å². The van der Waals surface area contributed by atoms with Gasteiger partial charge < -0.3 is 15.7 Å². The van der Waals surface area contributed by atoms with Crippen LogP contribution in [0.5, 0.6) is 0 Å².